The third-order valence-corrected chi connectivity index (χ3v) is 3.18. The van der Waals surface area contributed by atoms with Crippen LogP contribution in [0.1, 0.15) is 47.5 Å². The summed E-state index contributed by atoms with van der Waals surface area (Å²) in [5, 5.41) is -0.170. The number of carbonyl (C=O) groups excluding carboxylic acids is 1. The lowest BCUT2D eigenvalue weighted by atomic mass is 10.2. The van der Waals surface area contributed by atoms with Crippen LogP contribution in [0.3, 0.4) is 0 Å². The molecule has 0 N–H and O–H groups in total. The van der Waals surface area contributed by atoms with Crippen LogP contribution in [-0.4, -0.2) is 41.3 Å². The Hall–Kier alpha value is -1.23. The van der Waals surface area contributed by atoms with Crippen molar-refractivity contribution in [2.45, 2.75) is 59.2 Å². The molecule has 0 spiro atoms. The van der Waals surface area contributed by atoms with Gasteiger partial charge in [0.1, 0.15) is 11.8 Å². The molecule has 0 heterocycles. The number of hydrogen-bond acceptors (Lipinski definition) is 3. The largest absolute Gasteiger partial charge is 0.444 e. The number of allylic oxidation sites excluding steroid dienone is 2. The van der Waals surface area contributed by atoms with E-state index in [1.165, 1.54) is 6.20 Å². The molecule has 0 aliphatic heterocycles. The van der Waals surface area contributed by atoms with Gasteiger partial charge in [0.15, 0.2) is 5.83 Å². The molecule has 0 rings (SSSR count). The summed E-state index contributed by atoms with van der Waals surface area (Å²) in [7, 11) is 1.67. The average Bonchev–Trinajstić information content (AvgIpc) is 2.36. The minimum atomic E-state index is -0.629. The first kappa shape index (κ1) is 20.8. The quantitative estimate of drug-likeness (QED) is 0.492. The minimum Gasteiger partial charge on any atom is -0.444 e. The van der Waals surface area contributed by atoms with Crippen molar-refractivity contribution in [3.8, 4) is 0 Å². The van der Waals surface area contributed by atoms with Crippen LogP contribution in [-0.2, 0) is 4.74 Å². The highest BCUT2D eigenvalue weighted by molar-refractivity contribution is 6.31. The monoisotopic (exact) mass is 334 g/mol. The molecule has 4 nitrogen and oxygen atoms in total. The smallest absolute Gasteiger partial charge is 0.411 e. The number of nitrogens with zero attached hydrogens (tertiary/aromatic N) is 2. The minimum absolute atomic E-state index is 0.170. The number of hydrogen-bond donors (Lipinski definition) is 0. The maximum Gasteiger partial charge on any atom is 0.411 e. The summed E-state index contributed by atoms with van der Waals surface area (Å²) in [4.78, 5) is 15.5. The van der Waals surface area contributed by atoms with E-state index in [2.05, 4.69) is 6.58 Å². The number of halogens is 2. The van der Waals surface area contributed by atoms with Crippen LogP contribution in [0.15, 0.2) is 23.6 Å². The molecule has 0 saturated heterocycles. The third-order valence-electron chi connectivity index (χ3n) is 3.00. The Balaban J connectivity index is 5.12. The normalized spacial score (nSPS) is 13.5. The van der Waals surface area contributed by atoms with E-state index in [-0.39, 0.29) is 11.2 Å². The van der Waals surface area contributed by atoms with Crippen LogP contribution in [0.5, 0.6) is 0 Å². The predicted molar refractivity (Wildman–Crippen MR) is 89.3 cm³/mol. The first-order valence-electron chi connectivity index (χ1n) is 7.43. The SMILES string of the molecule is C=C(Cl)/C(F)=C\N(C)C(C)N(CCCC)C(=O)OC(C)(C)C. The van der Waals surface area contributed by atoms with E-state index >= 15 is 0 Å². The second kappa shape index (κ2) is 9.03. The van der Waals surface area contributed by atoms with Crippen molar-refractivity contribution >= 4 is 17.7 Å². The molecule has 0 aromatic rings. The molecule has 0 aliphatic rings. The summed E-state index contributed by atoms with van der Waals surface area (Å²) >= 11 is 5.52. The lowest BCUT2D eigenvalue weighted by molar-refractivity contribution is 0.00298. The van der Waals surface area contributed by atoms with Gasteiger partial charge < -0.3 is 9.64 Å². The summed E-state index contributed by atoms with van der Waals surface area (Å²) in [5.41, 5.74) is -0.578. The third kappa shape index (κ3) is 7.69. The van der Waals surface area contributed by atoms with Gasteiger partial charge in [0.25, 0.3) is 0 Å². The zero-order valence-electron chi connectivity index (χ0n) is 14.4. The molecule has 1 amide bonds. The maximum absolute atomic E-state index is 13.6. The molecule has 1 atom stereocenters. The standard InChI is InChI=1S/C16H28ClFN2O2/c1-8-9-10-20(15(21)22-16(4,5)6)13(3)19(7)11-14(18)12(2)17/h11,13H,2,8-10H2,1,3-7H3/b14-11+. The van der Waals surface area contributed by atoms with Crippen molar-refractivity contribution < 1.29 is 13.9 Å². The number of amides is 1. The summed E-state index contributed by atoms with van der Waals surface area (Å²) < 4.78 is 19.0. The van der Waals surface area contributed by atoms with Gasteiger partial charge in [-0.3, -0.25) is 4.90 Å². The zero-order chi connectivity index (χ0) is 17.5. The van der Waals surface area contributed by atoms with Crippen LogP contribution < -0.4 is 0 Å². The molecule has 0 fully saturated rings. The van der Waals surface area contributed by atoms with E-state index in [4.69, 9.17) is 16.3 Å². The van der Waals surface area contributed by atoms with E-state index in [9.17, 15) is 9.18 Å². The van der Waals surface area contributed by atoms with Crippen molar-refractivity contribution in [1.82, 2.24) is 9.80 Å². The molecule has 0 aromatic carbocycles. The van der Waals surface area contributed by atoms with Crippen molar-refractivity contribution in [3.05, 3.63) is 23.6 Å². The summed E-state index contributed by atoms with van der Waals surface area (Å²) in [6, 6.07) is 0. The van der Waals surface area contributed by atoms with Gasteiger partial charge in [-0.15, -0.1) is 0 Å². The van der Waals surface area contributed by atoms with E-state index in [0.717, 1.165) is 12.8 Å². The zero-order valence-corrected chi connectivity index (χ0v) is 15.2. The Morgan fingerprint density at radius 1 is 1.45 bits per heavy atom. The van der Waals surface area contributed by atoms with Gasteiger partial charge in [-0.1, -0.05) is 31.5 Å². The molecule has 0 radical (unpaired) electrons. The lowest BCUT2D eigenvalue weighted by Gasteiger charge is -2.36. The Morgan fingerprint density at radius 3 is 2.41 bits per heavy atom. The first-order chi connectivity index (χ1) is 9.99. The highest BCUT2D eigenvalue weighted by Gasteiger charge is 2.27. The highest BCUT2D eigenvalue weighted by Crippen LogP contribution is 2.18. The molecular formula is C16H28ClFN2O2. The van der Waals surface area contributed by atoms with E-state index < -0.39 is 17.5 Å². The molecule has 0 aliphatic carbocycles. The summed E-state index contributed by atoms with van der Waals surface area (Å²) in [6.07, 6.45) is 2.22. The fourth-order valence-corrected chi connectivity index (χ4v) is 1.71. The fourth-order valence-electron chi connectivity index (χ4n) is 1.66. The van der Waals surface area contributed by atoms with Gasteiger partial charge in [0.05, 0.1) is 5.03 Å². The molecule has 0 saturated carbocycles. The van der Waals surface area contributed by atoms with Gasteiger partial charge in [-0.25, -0.2) is 9.18 Å². The van der Waals surface area contributed by atoms with Gasteiger partial charge in [-0.05, 0) is 34.1 Å². The van der Waals surface area contributed by atoms with Crippen LogP contribution >= 0.6 is 11.6 Å². The molecular weight excluding hydrogens is 307 g/mol. The molecule has 0 aromatic heterocycles. The van der Waals surface area contributed by atoms with E-state index in [1.807, 2.05) is 27.7 Å². The second-order valence-electron chi connectivity index (χ2n) is 6.21. The second-order valence-corrected chi connectivity index (χ2v) is 6.66. The van der Waals surface area contributed by atoms with Gasteiger partial charge in [0.2, 0.25) is 0 Å². The van der Waals surface area contributed by atoms with Crippen molar-refractivity contribution in [2.24, 2.45) is 0 Å². The van der Waals surface area contributed by atoms with Crippen LogP contribution in [0.25, 0.3) is 0 Å². The van der Waals surface area contributed by atoms with Crippen LogP contribution in [0, 0.1) is 0 Å². The predicted octanol–water partition coefficient (Wildman–Crippen LogP) is 4.86. The Bertz CT molecular complexity index is 419. The van der Waals surface area contributed by atoms with Crippen molar-refractivity contribution in [3.63, 3.8) is 0 Å². The molecule has 6 heteroatoms. The Labute approximate surface area is 138 Å². The molecule has 128 valence electrons. The molecule has 0 bridgehead atoms. The lowest BCUT2D eigenvalue weighted by Crippen LogP contribution is -2.48. The van der Waals surface area contributed by atoms with E-state index in [1.54, 1.807) is 23.8 Å². The first-order valence-corrected chi connectivity index (χ1v) is 7.81. The topological polar surface area (TPSA) is 32.8 Å². The Morgan fingerprint density at radius 2 is 2.00 bits per heavy atom. The molecule has 22 heavy (non-hydrogen) atoms. The molecule has 1 unspecified atom stereocenters. The fraction of sp³-hybridized carbons (Fsp3) is 0.688. The summed E-state index contributed by atoms with van der Waals surface area (Å²) in [5.74, 6) is -0.629. The van der Waals surface area contributed by atoms with Gasteiger partial charge in [0, 0.05) is 19.8 Å². The van der Waals surface area contributed by atoms with E-state index in [0.29, 0.717) is 6.54 Å². The van der Waals surface area contributed by atoms with Crippen LogP contribution in [0.2, 0.25) is 0 Å². The van der Waals surface area contributed by atoms with Gasteiger partial charge in [-0.2, -0.15) is 0 Å². The van der Waals surface area contributed by atoms with Gasteiger partial charge >= 0.3 is 6.09 Å². The number of carbonyl (C=O) groups is 1. The average molecular weight is 335 g/mol. The number of unbranched alkanes of at least 4 members (excludes halogenated alkanes) is 1. The maximum atomic E-state index is 13.6. The number of ether oxygens (including phenoxy) is 1. The summed E-state index contributed by atoms with van der Waals surface area (Å²) in [6.45, 7) is 13.2. The van der Waals surface area contributed by atoms with Crippen LogP contribution in [0.4, 0.5) is 9.18 Å². The van der Waals surface area contributed by atoms with Crippen molar-refractivity contribution in [2.75, 3.05) is 13.6 Å². The number of rotatable bonds is 7. The van der Waals surface area contributed by atoms with Crippen molar-refractivity contribution in [1.29, 1.82) is 0 Å². The Kier molecular flexibility index (Phi) is 8.53. The highest BCUT2D eigenvalue weighted by atomic mass is 35.5.